The number of carbonyl (C=O) groups excluding carboxylic acids is 1. The number of carbonyl (C=O) groups is 1. The molecule has 3 aromatic rings. The van der Waals surface area contributed by atoms with Crippen LogP contribution >= 0.6 is 0 Å². The minimum Gasteiger partial charge on any atom is -0.497 e. The molecule has 0 unspecified atom stereocenters. The summed E-state index contributed by atoms with van der Waals surface area (Å²) in [5, 5.41) is 4.45. The summed E-state index contributed by atoms with van der Waals surface area (Å²) in [6, 6.07) is 13.7. The first-order chi connectivity index (χ1) is 14.0. The van der Waals surface area contributed by atoms with Gasteiger partial charge in [0, 0.05) is 37.6 Å². The highest BCUT2D eigenvalue weighted by Gasteiger charge is 2.24. The van der Waals surface area contributed by atoms with E-state index in [9.17, 15) is 4.79 Å². The molecule has 7 nitrogen and oxygen atoms in total. The summed E-state index contributed by atoms with van der Waals surface area (Å²) >= 11 is 0. The van der Waals surface area contributed by atoms with E-state index in [1.807, 2.05) is 59.8 Å². The lowest BCUT2D eigenvalue weighted by molar-refractivity contribution is 0.0712. The maximum atomic E-state index is 12.8. The van der Waals surface area contributed by atoms with Crippen LogP contribution in [-0.2, 0) is 6.54 Å². The minimum absolute atomic E-state index is 0.0565. The normalized spacial score (nSPS) is 14.3. The van der Waals surface area contributed by atoms with Crippen LogP contribution in [0.25, 0.3) is 0 Å². The van der Waals surface area contributed by atoms with E-state index in [0.717, 1.165) is 41.7 Å². The molecule has 29 heavy (non-hydrogen) atoms. The van der Waals surface area contributed by atoms with Gasteiger partial charge in [-0.15, -0.1) is 0 Å². The fourth-order valence-electron chi connectivity index (χ4n) is 3.68. The maximum absolute atomic E-state index is 12.8. The summed E-state index contributed by atoms with van der Waals surface area (Å²) in [6.07, 6.45) is 0. The van der Waals surface area contributed by atoms with Crippen molar-refractivity contribution in [1.82, 2.24) is 14.7 Å². The van der Waals surface area contributed by atoms with Crippen molar-refractivity contribution in [2.75, 3.05) is 38.2 Å². The molecule has 0 radical (unpaired) electrons. The number of hydrogen-bond acceptors (Lipinski definition) is 5. The topological polar surface area (TPSA) is 63.7 Å². The molecule has 2 aromatic heterocycles. The average molecular weight is 394 g/mol. The van der Waals surface area contributed by atoms with E-state index in [0.29, 0.717) is 25.4 Å². The van der Waals surface area contributed by atoms with Crippen LogP contribution in [0.4, 0.5) is 5.69 Å². The molecule has 152 valence electrons. The predicted molar refractivity (Wildman–Crippen MR) is 111 cm³/mol. The van der Waals surface area contributed by atoms with Gasteiger partial charge in [-0.2, -0.15) is 5.10 Å². The zero-order valence-corrected chi connectivity index (χ0v) is 17.1. The van der Waals surface area contributed by atoms with Gasteiger partial charge in [0.1, 0.15) is 11.5 Å². The highest BCUT2D eigenvalue weighted by Crippen LogP contribution is 2.21. The molecule has 1 saturated heterocycles. The smallest absolute Gasteiger partial charge is 0.289 e. The number of anilines is 1. The molecule has 1 aromatic carbocycles. The van der Waals surface area contributed by atoms with Gasteiger partial charge >= 0.3 is 0 Å². The lowest BCUT2D eigenvalue weighted by Gasteiger charge is -2.35. The van der Waals surface area contributed by atoms with Crippen molar-refractivity contribution in [3.05, 3.63) is 65.4 Å². The van der Waals surface area contributed by atoms with Crippen LogP contribution in [-0.4, -0.2) is 53.9 Å². The quantitative estimate of drug-likeness (QED) is 0.665. The molecule has 1 amide bonds. The molecule has 3 heterocycles. The van der Waals surface area contributed by atoms with Crippen LogP contribution in [0.5, 0.6) is 5.75 Å². The number of furan rings is 1. The Hall–Kier alpha value is -3.22. The van der Waals surface area contributed by atoms with Gasteiger partial charge in [-0.25, -0.2) is 0 Å². The second-order valence-corrected chi connectivity index (χ2v) is 7.33. The Kier molecular flexibility index (Phi) is 5.29. The number of amides is 1. The van der Waals surface area contributed by atoms with Gasteiger partial charge < -0.3 is 19.0 Å². The zero-order valence-electron chi connectivity index (χ0n) is 17.1. The van der Waals surface area contributed by atoms with Crippen molar-refractivity contribution < 1.29 is 13.9 Å². The van der Waals surface area contributed by atoms with Gasteiger partial charge in [0.05, 0.1) is 19.3 Å². The Labute approximate surface area is 170 Å². The van der Waals surface area contributed by atoms with Crippen molar-refractivity contribution >= 4 is 11.6 Å². The van der Waals surface area contributed by atoms with Crippen molar-refractivity contribution in [2.45, 2.75) is 20.4 Å². The number of aryl methyl sites for hydroxylation is 2. The van der Waals surface area contributed by atoms with Gasteiger partial charge in [-0.05, 0) is 56.3 Å². The van der Waals surface area contributed by atoms with E-state index in [-0.39, 0.29) is 5.91 Å². The molecule has 1 aliphatic rings. The van der Waals surface area contributed by atoms with Gasteiger partial charge in [0.25, 0.3) is 5.91 Å². The number of benzene rings is 1. The van der Waals surface area contributed by atoms with E-state index in [4.69, 9.17) is 9.15 Å². The van der Waals surface area contributed by atoms with Crippen molar-refractivity contribution in [3.63, 3.8) is 0 Å². The number of aromatic nitrogens is 2. The van der Waals surface area contributed by atoms with E-state index < -0.39 is 0 Å². The van der Waals surface area contributed by atoms with E-state index >= 15 is 0 Å². The number of nitrogens with zero attached hydrogens (tertiary/aromatic N) is 4. The van der Waals surface area contributed by atoms with E-state index in [1.54, 1.807) is 13.2 Å². The number of hydrogen-bond donors (Lipinski definition) is 0. The molecule has 4 rings (SSSR count). The van der Waals surface area contributed by atoms with Crippen LogP contribution in [0.2, 0.25) is 0 Å². The number of methoxy groups -OCH3 is 1. The summed E-state index contributed by atoms with van der Waals surface area (Å²) in [6.45, 7) is 7.41. The summed E-state index contributed by atoms with van der Waals surface area (Å²) in [5.41, 5.74) is 3.18. The van der Waals surface area contributed by atoms with Gasteiger partial charge in [-0.1, -0.05) is 0 Å². The largest absolute Gasteiger partial charge is 0.497 e. The molecule has 0 spiro atoms. The van der Waals surface area contributed by atoms with Crippen molar-refractivity contribution in [1.29, 1.82) is 0 Å². The minimum atomic E-state index is -0.0565. The molecule has 1 fully saturated rings. The third-order valence-electron chi connectivity index (χ3n) is 5.29. The molecule has 0 bridgehead atoms. The fraction of sp³-hybridized carbons (Fsp3) is 0.364. The first kappa shape index (κ1) is 19.1. The maximum Gasteiger partial charge on any atom is 0.289 e. The molecular weight excluding hydrogens is 368 g/mol. The Bertz CT molecular complexity index is 982. The van der Waals surface area contributed by atoms with Gasteiger partial charge in [0.15, 0.2) is 5.76 Å². The molecule has 1 aliphatic heterocycles. The molecule has 0 aliphatic carbocycles. The number of rotatable bonds is 5. The van der Waals surface area contributed by atoms with Crippen LogP contribution in [0, 0.1) is 13.8 Å². The van der Waals surface area contributed by atoms with Gasteiger partial charge in [0.2, 0.25) is 0 Å². The second kappa shape index (κ2) is 8.03. The second-order valence-electron chi connectivity index (χ2n) is 7.33. The zero-order chi connectivity index (χ0) is 20.4. The van der Waals surface area contributed by atoms with Crippen molar-refractivity contribution in [2.24, 2.45) is 0 Å². The number of piperazine rings is 1. The summed E-state index contributed by atoms with van der Waals surface area (Å²) in [7, 11) is 1.66. The predicted octanol–water partition coefficient (Wildman–Crippen LogP) is 3.11. The molecular formula is C22H26N4O3. The van der Waals surface area contributed by atoms with Gasteiger partial charge in [-0.3, -0.25) is 9.48 Å². The molecule has 7 heteroatoms. The average Bonchev–Trinajstić information content (AvgIpc) is 3.34. The SMILES string of the molecule is COc1ccc(N2CCN(C(=O)c3ccc(Cn4nc(C)cc4C)o3)CC2)cc1. The van der Waals surface area contributed by atoms with Crippen LogP contribution in [0.1, 0.15) is 27.7 Å². The Morgan fingerprint density at radius 3 is 2.41 bits per heavy atom. The third kappa shape index (κ3) is 4.13. The van der Waals surface area contributed by atoms with E-state index in [2.05, 4.69) is 10.00 Å². The first-order valence-electron chi connectivity index (χ1n) is 9.81. The molecule has 0 atom stereocenters. The summed E-state index contributed by atoms with van der Waals surface area (Å²) < 4.78 is 12.9. The Morgan fingerprint density at radius 2 is 1.79 bits per heavy atom. The standard InChI is InChI=1S/C22H26N4O3/c1-16-14-17(2)26(23-16)15-20-8-9-21(29-20)22(27)25-12-10-24(11-13-25)18-4-6-19(28-3)7-5-18/h4-9,14H,10-13,15H2,1-3H3. The Balaban J connectivity index is 1.36. The molecule has 0 saturated carbocycles. The Morgan fingerprint density at radius 1 is 1.07 bits per heavy atom. The van der Waals surface area contributed by atoms with Crippen LogP contribution in [0.15, 0.2) is 46.9 Å². The highest BCUT2D eigenvalue weighted by molar-refractivity contribution is 5.91. The third-order valence-corrected chi connectivity index (χ3v) is 5.29. The van der Waals surface area contributed by atoms with Crippen LogP contribution < -0.4 is 9.64 Å². The summed E-state index contributed by atoms with van der Waals surface area (Å²) in [5.74, 6) is 1.91. The molecule has 0 N–H and O–H groups in total. The van der Waals surface area contributed by atoms with Crippen molar-refractivity contribution in [3.8, 4) is 5.75 Å². The highest BCUT2D eigenvalue weighted by atomic mass is 16.5. The summed E-state index contributed by atoms with van der Waals surface area (Å²) in [4.78, 5) is 17.0. The first-order valence-corrected chi connectivity index (χ1v) is 9.81. The number of ether oxygens (including phenoxy) is 1. The lowest BCUT2D eigenvalue weighted by Crippen LogP contribution is -2.48. The van der Waals surface area contributed by atoms with E-state index in [1.165, 1.54) is 0 Å². The monoisotopic (exact) mass is 394 g/mol. The lowest BCUT2D eigenvalue weighted by atomic mass is 10.2. The fourth-order valence-corrected chi connectivity index (χ4v) is 3.68. The van der Waals surface area contributed by atoms with Crippen LogP contribution in [0.3, 0.4) is 0 Å².